The van der Waals surface area contributed by atoms with Gasteiger partial charge in [-0.05, 0) is 63.7 Å². The first-order chi connectivity index (χ1) is 14.3. The topological polar surface area (TPSA) is 71.5 Å². The van der Waals surface area contributed by atoms with Crippen molar-refractivity contribution in [2.24, 2.45) is 0 Å². The van der Waals surface area contributed by atoms with Crippen molar-refractivity contribution in [2.45, 2.75) is 38.5 Å². The molecule has 2 heterocycles. The van der Waals surface area contributed by atoms with Gasteiger partial charge in [0, 0.05) is 30.9 Å². The summed E-state index contributed by atoms with van der Waals surface area (Å²) in [5.74, 6) is 3.01. The van der Waals surface area contributed by atoms with Crippen molar-refractivity contribution in [3.63, 3.8) is 0 Å². The van der Waals surface area contributed by atoms with Gasteiger partial charge >= 0.3 is 0 Å². The maximum Gasteiger partial charge on any atom is 0.229 e. The van der Waals surface area contributed by atoms with Crippen molar-refractivity contribution < 1.29 is 9.47 Å². The maximum atomic E-state index is 6.04. The second-order valence-corrected chi connectivity index (χ2v) is 7.67. The minimum Gasteiger partial charge on any atom is -0.493 e. The van der Waals surface area contributed by atoms with E-state index in [2.05, 4.69) is 20.5 Å². The van der Waals surface area contributed by atoms with Gasteiger partial charge in [0.1, 0.15) is 5.82 Å². The van der Waals surface area contributed by atoms with Crippen molar-refractivity contribution in [1.29, 1.82) is 0 Å². The van der Waals surface area contributed by atoms with Crippen LogP contribution in [0.5, 0.6) is 11.5 Å². The fourth-order valence-electron chi connectivity index (χ4n) is 4.17. The molecule has 0 radical (unpaired) electrons. The summed E-state index contributed by atoms with van der Waals surface area (Å²) in [6.45, 7) is 4.21. The molecule has 29 heavy (non-hydrogen) atoms. The Bertz CT molecular complexity index is 836. The van der Waals surface area contributed by atoms with Crippen LogP contribution in [0.1, 0.15) is 36.9 Å². The number of anilines is 3. The lowest BCUT2D eigenvalue weighted by molar-refractivity contribution is 0.254. The van der Waals surface area contributed by atoms with E-state index >= 15 is 0 Å². The van der Waals surface area contributed by atoms with E-state index in [0.29, 0.717) is 12.6 Å². The van der Waals surface area contributed by atoms with Gasteiger partial charge in [0.25, 0.3) is 0 Å². The number of methoxy groups -OCH3 is 1. The number of likely N-dealkylation sites (tertiary alicyclic amines) is 1. The normalized spacial score (nSPS) is 15.9. The molecule has 0 saturated carbocycles. The lowest BCUT2D eigenvalue weighted by atomic mass is 10.2. The molecule has 2 aliphatic rings. The molecular weight excluding hydrogens is 366 g/mol. The molecule has 1 aromatic heterocycles. The van der Waals surface area contributed by atoms with Gasteiger partial charge in [0.2, 0.25) is 5.95 Å². The first-order valence-corrected chi connectivity index (χ1v) is 10.6. The van der Waals surface area contributed by atoms with Gasteiger partial charge in [-0.25, -0.2) is 4.98 Å². The van der Waals surface area contributed by atoms with Crippen LogP contribution in [0.3, 0.4) is 0 Å². The molecule has 156 valence electrons. The van der Waals surface area contributed by atoms with E-state index in [0.717, 1.165) is 60.9 Å². The molecule has 0 bridgehead atoms. The molecule has 0 amide bonds. The first kappa shape index (κ1) is 19.8. The second kappa shape index (κ2) is 9.31. The minimum absolute atomic E-state index is 0.611. The SMILES string of the molecule is CNc1nc(Nc2ccc(OC)c(OCCCN3CCCC3)c2)nc2c1CCC2. The van der Waals surface area contributed by atoms with E-state index in [4.69, 9.17) is 14.5 Å². The average molecular weight is 398 g/mol. The molecule has 7 heteroatoms. The Morgan fingerprint density at radius 2 is 1.93 bits per heavy atom. The number of aromatic nitrogens is 2. The fourth-order valence-corrected chi connectivity index (χ4v) is 4.17. The third kappa shape index (κ3) is 4.72. The number of aryl methyl sites for hydroxylation is 1. The van der Waals surface area contributed by atoms with Gasteiger partial charge in [-0.1, -0.05) is 0 Å². The monoisotopic (exact) mass is 397 g/mol. The lowest BCUT2D eigenvalue weighted by Gasteiger charge is -2.16. The zero-order valence-electron chi connectivity index (χ0n) is 17.5. The molecular formula is C22H31N5O2. The van der Waals surface area contributed by atoms with Crippen molar-refractivity contribution in [3.05, 3.63) is 29.5 Å². The lowest BCUT2D eigenvalue weighted by Crippen LogP contribution is -2.21. The number of nitrogens with one attached hydrogen (secondary N) is 2. The van der Waals surface area contributed by atoms with Crippen LogP contribution in [0.4, 0.5) is 17.5 Å². The Kier molecular flexibility index (Phi) is 6.34. The van der Waals surface area contributed by atoms with Gasteiger partial charge in [-0.3, -0.25) is 0 Å². The van der Waals surface area contributed by atoms with Crippen LogP contribution in [0.2, 0.25) is 0 Å². The van der Waals surface area contributed by atoms with E-state index in [1.807, 2.05) is 25.2 Å². The number of fused-ring (bicyclic) bond motifs is 1. The smallest absolute Gasteiger partial charge is 0.229 e. The predicted molar refractivity (Wildman–Crippen MR) is 116 cm³/mol. The molecule has 2 N–H and O–H groups in total. The molecule has 1 aliphatic carbocycles. The summed E-state index contributed by atoms with van der Waals surface area (Å²) in [6, 6.07) is 5.85. The van der Waals surface area contributed by atoms with Crippen LogP contribution < -0.4 is 20.1 Å². The van der Waals surface area contributed by atoms with Crippen LogP contribution in [0.25, 0.3) is 0 Å². The molecule has 1 aromatic carbocycles. The zero-order chi connectivity index (χ0) is 20.1. The van der Waals surface area contributed by atoms with Gasteiger partial charge in [0.05, 0.1) is 19.4 Å². The van der Waals surface area contributed by atoms with E-state index < -0.39 is 0 Å². The summed E-state index contributed by atoms with van der Waals surface area (Å²) < 4.78 is 11.5. The molecule has 1 aliphatic heterocycles. The van der Waals surface area contributed by atoms with Crippen LogP contribution in [0, 0.1) is 0 Å². The Labute approximate surface area is 172 Å². The summed E-state index contributed by atoms with van der Waals surface area (Å²) >= 11 is 0. The fraction of sp³-hybridized carbons (Fsp3) is 0.545. The number of benzene rings is 1. The Hall–Kier alpha value is -2.54. The summed E-state index contributed by atoms with van der Waals surface area (Å²) in [4.78, 5) is 11.9. The molecule has 2 aromatic rings. The van der Waals surface area contributed by atoms with Crippen LogP contribution in [-0.4, -0.2) is 55.3 Å². The van der Waals surface area contributed by atoms with Crippen molar-refractivity contribution in [1.82, 2.24) is 14.9 Å². The van der Waals surface area contributed by atoms with E-state index in [-0.39, 0.29) is 0 Å². The molecule has 4 rings (SSSR count). The van der Waals surface area contributed by atoms with Gasteiger partial charge < -0.3 is 25.0 Å². The summed E-state index contributed by atoms with van der Waals surface area (Å²) in [7, 11) is 3.58. The highest BCUT2D eigenvalue weighted by Crippen LogP contribution is 2.32. The minimum atomic E-state index is 0.611. The van der Waals surface area contributed by atoms with E-state index in [1.165, 1.54) is 31.5 Å². The predicted octanol–water partition coefficient (Wildman–Crippen LogP) is 3.62. The summed E-state index contributed by atoms with van der Waals surface area (Å²) in [5, 5.41) is 6.53. The molecule has 1 saturated heterocycles. The molecule has 7 nitrogen and oxygen atoms in total. The molecule has 0 unspecified atom stereocenters. The highest BCUT2D eigenvalue weighted by Gasteiger charge is 2.19. The molecule has 1 fully saturated rings. The molecule has 0 atom stereocenters. The summed E-state index contributed by atoms with van der Waals surface area (Å²) in [6.07, 6.45) is 6.85. The number of hydrogen-bond donors (Lipinski definition) is 2. The maximum absolute atomic E-state index is 6.04. The summed E-state index contributed by atoms with van der Waals surface area (Å²) in [5.41, 5.74) is 3.27. The number of rotatable bonds is 9. The van der Waals surface area contributed by atoms with Crippen molar-refractivity contribution in [2.75, 3.05) is 51.0 Å². The van der Waals surface area contributed by atoms with Gasteiger partial charge in [-0.15, -0.1) is 0 Å². The number of hydrogen-bond acceptors (Lipinski definition) is 7. The van der Waals surface area contributed by atoms with Gasteiger partial charge in [-0.2, -0.15) is 4.98 Å². The van der Waals surface area contributed by atoms with Crippen molar-refractivity contribution >= 4 is 17.5 Å². The quantitative estimate of drug-likeness (QED) is 0.626. The van der Waals surface area contributed by atoms with Gasteiger partial charge in [0.15, 0.2) is 11.5 Å². The Morgan fingerprint density at radius 3 is 2.72 bits per heavy atom. The third-order valence-corrected chi connectivity index (χ3v) is 5.66. The number of nitrogens with zero attached hydrogens (tertiary/aromatic N) is 3. The standard InChI is InChI=1S/C22H31N5O2/c1-23-21-17-7-5-8-18(17)25-22(26-21)24-16-9-10-19(28-2)20(15-16)29-14-6-13-27-11-3-4-12-27/h9-10,15H,3-8,11-14H2,1-2H3,(H2,23,24,25,26). The average Bonchev–Trinajstić information content (AvgIpc) is 3.42. The number of ether oxygens (including phenoxy) is 2. The third-order valence-electron chi connectivity index (χ3n) is 5.66. The zero-order valence-corrected chi connectivity index (χ0v) is 17.5. The van der Waals surface area contributed by atoms with E-state index in [1.54, 1.807) is 7.11 Å². The van der Waals surface area contributed by atoms with Crippen molar-refractivity contribution in [3.8, 4) is 11.5 Å². The van der Waals surface area contributed by atoms with Crippen LogP contribution >= 0.6 is 0 Å². The highest BCUT2D eigenvalue weighted by molar-refractivity contribution is 5.62. The highest BCUT2D eigenvalue weighted by atomic mass is 16.5. The molecule has 0 spiro atoms. The van der Waals surface area contributed by atoms with Crippen LogP contribution in [0.15, 0.2) is 18.2 Å². The van der Waals surface area contributed by atoms with Crippen LogP contribution in [-0.2, 0) is 12.8 Å². The largest absolute Gasteiger partial charge is 0.493 e. The Morgan fingerprint density at radius 1 is 1.07 bits per heavy atom. The first-order valence-electron chi connectivity index (χ1n) is 10.6. The van der Waals surface area contributed by atoms with E-state index in [9.17, 15) is 0 Å². The Balaban J connectivity index is 1.42. The second-order valence-electron chi connectivity index (χ2n) is 7.67.